The molecule has 1 aromatic rings. The number of imide groups is 1. The molecule has 1 saturated heterocycles. The third-order valence-electron chi connectivity index (χ3n) is 2.60. The molecule has 0 bridgehead atoms. The van der Waals surface area contributed by atoms with Crippen LogP contribution in [0.2, 0.25) is 0 Å². The van der Waals surface area contributed by atoms with Crippen LogP contribution >= 0.6 is 0 Å². The molecule has 1 aliphatic rings. The molecule has 1 heterocycles. The molecule has 1 aliphatic heterocycles. The molecule has 1 aromatic carbocycles. The van der Waals surface area contributed by atoms with Crippen molar-refractivity contribution in [1.29, 1.82) is 0 Å². The van der Waals surface area contributed by atoms with Gasteiger partial charge in [0.2, 0.25) is 0 Å². The fraction of sp³-hybridized carbons (Fsp3) is 0.333. The van der Waals surface area contributed by atoms with Crippen molar-refractivity contribution in [1.82, 2.24) is 4.90 Å². The molecular weight excluding hydrogens is 204 g/mol. The SMILES string of the molecule is Cc1cc(C)cc(N2C(=O)CN(C)C2=O)c1. The van der Waals surface area contributed by atoms with E-state index in [4.69, 9.17) is 0 Å². The number of carbonyl (C=O) groups excluding carboxylic acids is 2. The average Bonchev–Trinajstić information content (AvgIpc) is 2.39. The third kappa shape index (κ3) is 1.66. The van der Waals surface area contributed by atoms with E-state index in [9.17, 15) is 9.59 Å². The van der Waals surface area contributed by atoms with E-state index >= 15 is 0 Å². The zero-order valence-electron chi connectivity index (χ0n) is 9.65. The maximum absolute atomic E-state index is 11.8. The van der Waals surface area contributed by atoms with Crippen LogP contribution in [0, 0.1) is 13.8 Å². The lowest BCUT2D eigenvalue weighted by Crippen LogP contribution is -2.31. The number of carbonyl (C=O) groups is 2. The summed E-state index contributed by atoms with van der Waals surface area (Å²) in [5, 5.41) is 0. The predicted molar refractivity (Wildman–Crippen MR) is 61.4 cm³/mol. The van der Waals surface area contributed by atoms with Crippen molar-refractivity contribution in [2.75, 3.05) is 18.5 Å². The predicted octanol–water partition coefficient (Wildman–Crippen LogP) is 1.70. The van der Waals surface area contributed by atoms with E-state index in [1.807, 2.05) is 32.0 Å². The van der Waals surface area contributed by atoms with Crippen LogP contribution in [0.5, 0.6) is 0 Å². The summed E-state index contributed by atoms with van der Waals surface area (Å²) >= 11 is 0. The Hall–Kier alpha value is -1.84. The number of rotatable bonds is 1. The van der Waals surface area contributed by atoms with Gasteiger partial charge in [-0.05, 0) is 37.1 Å². The number of urea groups is 1. The molecule has 16 heavy (non-hydrogen) atoms. The van der Waals surface area contributed by atoms with E-state index in [2.05, 4.69) is 0 Å². The van der Waals surface area contributed by atoms with E-state index in [1.165, 1.54) is 9.80 Å². The van der Waals surface area contributed by atoms with Crippen molar-refractivity contribution in [2.45, 2.75) is 13.8 Å². The first-order chi connectivity index (χ1) is 7.49. The summed E-state index contributed by atoms with van der Waals surface area (Å²) in [5.74, 6) is -0.169. The highest BCUT2D eigenvalue weighted by Gasteiger charge is 2.34. The number of amides is 3. The van der Waals surface area contributed by atoms with Gasteiger partial charge in [-0.2, -0.15) is 0 Å². The maximum atomic E-state index is 11.8. The number of aryl methyl sites for hydroxylation is 2. The van der Waals surface area contributed by atoms with E-state index in [0.29, 0.717) is 5.69 Å². The van der Waals surface area contributed by atoms with Crippen LogP contribution in [-0.4, -0.2) is 30.4 Å². The summed E-state index contributed by atoms with van der Waals surface area (Å²) < 4.78 is 0. The highest BCUT2D eigenvalue weighted by Crippen LogP contribution is 2.23. The normalized spacial score (nSPS) is 16.2. The van der Waals surface area contributed by atoms with Crippen molar-refractivity contribution in [3.8, 4) is 0 Å². The number of nitrogens with zero attached hydrogens (tertiary/aromatic N) is 2. The lowest BCUT2D eigenvalue weighted by atomic mass is 10.1. The van der Waals surface area contributed by atoms with Crippen molar-refractivity contribution in [3.05, 3.63) is 29.3 Å². The van der Waals surface area contributed by atoms with Crippen LogP contribution in [0.3, 0.4) is 0 Å². The topological polar surface area (TPSA) is 40.6 Å². The lowest BCUT2D eigenvalue weighted by Gasteiger charge is -2.15. The lowest BCUT2D eigenvalue weighted by molar-refractivity contribution is -0.116. The summed E-state index contributed by atoms with van der Waals surface area (Å²) in [6.45, 7) is 4.06. The van der Waals surface area contributed by atoms with Crippen LogP contribution in [-0.2, 0) is 4.79 Å². The monoisotopic (exact) mass is 218 g/mol. The van der Waals surface area contributed by atoms with Crippen molar-refractivity contribution in [2.24, 2.45) is 0 Å². The Morgan fingerprint density at radius 2 is 1.62 bits per heavy atom. The molecule has 84 valence electrons. The molecule has 4 heteroatoms. The summed E-state index contributed by atoms with van der Waals surface area (Å²) in [7, 11) is 1.63. The standard InChI is InChI=1S/C12H14N2O2/c1-8-4-9(2)6-10(5-8)14-11(15)7-13(3)12(14)16/h4-6H,7H2,1-3H3. The highest BCUT2D eigenvalue weighted by molar-refractivity contribution is 6.19. The number of anilines is 1. The van der Waals surface area contributed by atoms with E-state index in [1.54, 1.807) is 7.05 Å². The van der Waals surface area contributed by atoms with Crippen molar-refractivity contribution in [3.63, 3.8) is 0 Å². The van der Waals surface area contributed by atoms with Gasteiger partial charge in [0.05, 0.1) is 5.69 Å². The Kier molecular flexibility index (Phi) is 2.42. The second-order valence-corrected chi connectivity index (χ2v) is 4.21. The first-order valence-corrected chi connectivity index (χ1v) is 5.15. The zero-order chi connectivity index (χ0) is 11.9. The van der Waals surface area contributed by atoms with E-state index in [0.717, 1.165) is 11.1 Å². The summed E-state index contributed by atoms with van der Waals surface area (Å²) in [6, 6.07) is 5.46. The molecule has 0 spiro atoms. The minimum absolute atomic E-state index is 0.159. The van der Waals surface area contributed by atoms with Gasteiger partial charge in [-0.1, -0.05) is 6.07 Å². The van der Waals surface area contributed by atoms with Gasteiger partial charge in [0.15, 0.2) is 0 Å². The Morgan fingerprint density at radius 1 is 1.06 bits per heavy atom. The van der Waals surface area contributed by atoms with Crippen molar-refractivity contribution < 1.29 is 9.59 Å². The van der Waals surface area contributed by atoms with Crippen LogP contribution in [0.15, 0.2) is 18.2 Å². The number of likely N-dealkylation sites (N-methyl/N-ethyl adjacent to an activating group) is 1. The molecular formula is C12H14N2O2. The highest BCUT2D eigenvalue weighted by atomic mass is 16.2. The summed E-state index contributed by atoms with van der Waals surface area (Å²) in [6.07, 6.45) is 0. The van der Waals surface area contributed by atoms with Crippen LogP contribution in [0.25, 0.3) is 0 Å². The largest absolute Gasteiger partial charge is 0.331 e. The van der Waals surface area contributed by atoms with Gasteiger partial charge in [0.1, 0.15) is 6.54 Å². The smallest absolute Gasteiger partial charge is 0.318 e. The molecule has 4 nitrogen and oxygen atoms in total. The van der Waals surface area contributed by atoms with E-state index < -0.39 is 0 Å². The Balaban J connectivity index is 2.44. The maximum Gasteiger partial charge on any atom is 0.331 e. The molecule has 0 N–H and O–H groups in total. The van der Waals surface area contributed by atoms with Gasteiger partial charge in [-0.15, -0.1) is 0 Å². The van der Waals surface area contributed by atoms with Gasteiger partial charge in [-0.3, -0.25) is 4.79 Å². The minimum atomic E-state index is -0.255. The van der Waals surface area contributed by atoms with Gasteiger partial charge in [0.25, 0.3) is 5.91 Å². The van der Waals surface area contributed by atoms with Gasteiger partial charge in [0, 0.05) is 7.05 Å². The number of benzene rings is 1. The van der Waals surface area contributed by atoms with Crippen LogP contribution in [0.4, 0.5) is 10.5 Å². The Morgan fingerprint density at radius 3 is 2.06 bits per heavy atom. The first-order valence-electron chi connectivity index (χ1n) is 5.15. The molecule has 0 aliphatic carbocycles. The average molecular weight is 218 g/mol. The molecule has 0 unspecified atom stereocenters. The molecule has 0 radical (unpaired) electrons. The quantitative estimate of drug-likeness (QED) is 0.673. The zero-order valence-corrected chi connectivity index (χ0v) is 9.65. The van der Waals surface area contributed by atoms with E-state index in [-0.39, 0.29) is 18.5 Å². The van der Waals surface area contributed by atoms with Crippen molar-refractivity contribution >= 4 is 17.6 Å². The van der Waals surface area contributed by atoms with Gasteiger partial charge < -0.3 is 4.90 Å². The Labute approximate surface area is 94.5 Å². The molecule has 1 fully saturated rings. The molecule has 3 amide bonds. The minimum Gasteiger partial charge on any atom is -0.318 e. The van der Waals surface area contributed by atoms with Gasteiger partial charge in [-0.25, -0.2) is 9.69 Å². The fourth-order valence-corrected chi connectivity index (χ4v) is 1.95. The first kappa shape index (κ1) is 10.7. The summed E-state index contributed by atoms with van der Waals surface area (Å²) in [5.41, 5.74) is 2.76. The second-order valence-electron chi connectivity index (χ2n) is 4.21. The van der Waals surface area contributed by atoms with Crippen LogP contribution in [0.1, 0.15) is 11.1 Å². The second kappa shape index (κ2) is 3.63. The third-order valence-corrected chi connectivity index (χ3v) is 2.60. The molecule has 0 aromatic heterocycles. The fourth-order valence-electron chi connectivity index (χ4n) is 1.95. The van der Waals surface area contributed by atoms with Gasteiger partial charge >= 0.3 is 6.03 Å². The number of hydrogen-bond donors (Lipinski definition) is 0. The molecule has 0 saturated carbocycles. The van der Waals surface area contributed by atoms with Crippen LogP contribution < -0.4 is 4.90 Å². The number of hydrogen-bond acceptors (Lipinski definition) is 2. The Bertz CT molecular complexity index is 448. The summed E-state index contributed by atoms with van der Waals surface area (Å²) in [4.78, 5) is 26.1. The molecule has 0 atom stereocenters. The molecule has 2 rings (SSSR count).